The van der Waals surface area contributed by atoms with Gasteiger partial charge in [0.05, 0.1) is 19.7 Å². The zero-order valence-electron chi connectivity index (χ0n) is 17.2. The number of hydrazine groups is 2. The summed E-state index contributed by atoms with van der Waals surface area (Å²) in [5.74, 6) is -0.269. The molecule has 0 amide bonds. The third-order valence-corrected chi connectivity index (χ3v) is 4.07. The van der Waals surface area contributed by atoms with Gasteiger partial charge in [-0.15, -0.1) is 0 Å². The topological polar surface area (TPSA) is 272 Å². The predicted octanol–water partition coefficient (Wildman–Crippen LogP) is 2.09. The second kappa shape index (κ2) is 9.76. The lowest BCUT2D eigenvalue weighted by Gasteiger charge is -2.12. The molecule has 0 unspecified atom stereocenters. The van der Waals surface area contributed by atoms with Crippen LogP contribution in [0, 0.1) is 47.4 Å². The smallest absolute Gasteiger partial charge is 0.287 e. The predicted molar refractivity (Wildman–Crippen MR) is 116 cm³/mol. The minimum absolute atomic E-state index is 0.0408. The number of hydrogen-bond donors (Lipinski definition) is 4. The van der Waals surface area contributed by atoms with Crippen LogP contribution in [0.4, 0.5) is 45.9 Å². The van der Waals surface area contributed by atoms with Crippen LogP contribution >= 0.6 is 0 Å². The van der Waals surface area contributed by atoms with Crippen LogP contribution in [0.15, 0.2) is 30.9 Å². The number of rotatable bonds is 10. The molecule has 20 nitrogen and oxygen atoms in total. The number of aromatic nitrogens is 4. The quantitative estimate of drug-likeness (QED) is 0.235. The summed E-state index contributed by atoms with van der Waals surface area (Å²) < 4.78 is 0. The molecule has 3 aromatic heterocycles. The van der Waals surface area contributed by atoms with Gasteiger partial charge in [0.15, 0.2) is 0 Å². The van der Waals surface area contributed by atoms with Crippen molar-refractivity contribution in [1.82, 2.24) is 19.9 Å². The maximum absolute atomic E-state index is 11.2. The molecule has 0 aromatic carbocycles. The largest absolute Gasteiger partial charge is 0.319 e. The Balaban J connectivity index is 1.86. The van der Waals surface area contributed by atoms with Gasteiger partial charge in [0.25, 0.3) is 0 Å². The van der Waals surface area contributed by atoms with E-state index < -0.39 is 53.8 Å². The van der Waals surface area contributed by atoms with Crippen molar-refractivity contribution in [1.29, 1.82) is 0 Å². The molecule has 4 N–H and O–H groups in total. The highest BCUT2D eigenvalue weighted by atomic mass is 16.6. The van der Waals surface area contributed by atoms with Crippen LogP contribution < -0.4 is 21.7 Å². The van der Waals surface area contributed by atoms with Crippen LogP contribution in [-0.4, -0.2) is 39.6 Å². The summed E-state index contributed by atoms with van der Waals surface area (Å²) in [7, 11) is 0. The Bertz CT molecular complexity index is 1190. The summed E-state index contributed by atoms with van der Waals surface area (Å²) in [4.78, 5) is 56.3. The molecule has 0 atom stereocenters. The lowest BCUT2D eigenvalue weighted by molar-refractivity contribution is -0.393. The average molecular weight is 488 g/mol. The summed E-state index contributed by atoms with van der Waals surface area (Å²) in [5.41, 5.74) is 6.02. The van der Waals surface area contributed by atoms with Crippen LogP contribution in [0.5, 0.6) is 0 Å². The molecule has 0 spiro atoms. The number of aryl methyl sites for hydroxylation is 1. The summed E-state index contributed by atoms with van der Waals surface area (Å²) >= 11 is 0. The first-order valence-electron chi connectivity index (χ1n) is 9.01. The van der Waals surface area contributed by atoms with Gasteiger partial charge in [0, 0.05) is 11.8 Å². The van der Waals surface area contributed by atoms with Crippen molar-refractivity contribution >= 4 is 45.9 Å². The van der Waals surface area contributed by atoms with E-state index in [2.05, 4.69) is 41.6 Å². The van der Waals surface area contributed by atoms with Gasteiger partial charge < -0.3 is 0 Å². The standard InChI is InChI=1S/C15H12N12O8/c1-7-2-12(20-21-13-8(24(28)29)3-16-4-9(13)25(30)31)19-15(18-7)23-22-14-10(26(32)33)5-17-6-11(14)27(34)35/h2-6H,1H3,(H,16,21)(H,17,22)(H2,18,19,20,23). The number of nitrogens with one attached hydrogen (secondary N) is 4. The SMILES string of the molecule is Cc1cc(NNc2c([N+](=O)[O-])cncc2[N+](=O)[O-])nc(NNc2c([N+](=O)[O-])cncc2[N+](=O)[O-])n1. The Kier molecular flexibility index (Phi) is 6.65. The van der Waals surface area contributed by atoms with Crippen molar-refractivity contribution in [2.24, 2.45) is 0 Å². The van der Waals surface area contributed by atoms with Crippen LogP contribution in [-0.2, 0) is 0 Å². The van der Waals surface area contributed by atoms with Gasteiger partial charge in [-0.2, -0.15) is 4.98 Å². The van der Waals surface area contributed by atoms with E-state index in [1.165, 1.54) is 13.0 Å². The molecule has 0 aliphatic heterocycles. The maximum atomic E-state index is 11.2. The van der Waals surface area contributed by atoms with E-state index in [-0.39, 0.29) is 11.8 Å². The normalized spacial score (nSPS) is 10.2. The summed E-state index contributed by atoms with van der Waals surface area (Å²) in [5, 5.41) is 44.9. The van der Waals surface area contributed by atoms with Gasteiger partial charge in [-0.3, -0.25) is 72.1 Å². The van der Waals surface area contributed by atoms with Gasteiger partial charge in [0.2, 0.25) is 17.3 Å². The Morgan fingerprint density at radius 3 is 1.43 bits per heavy atom. The van der Waals surface area contributed by atoms with E-state index in [0.29, 0.717) is 5.69 Å². The number of nitro groups is 4. The molecule has 20 heteroatoms. The van der Waals surface area contributed by atoms with E-state index in [1.807, 2.05) is 0 Å². The molecule has 180 valence electrons. The molecule has 0 saturated heterocycles. The first-order chi connectivity index (χ1) is 16.6. The molecule has 0 aliphatic rings. The zero-order chi connectivity index (χ0) is 25.7. The van der Waals surface area contributed by atoms with Gasteiger partial charge in [-0.05, 0) is 6.92 Å². The van der Waals surface area contributed by atoms with Crippen molar-refractivity contribution in [3.05, 3.63) is 77.0 Å². The van der Waals surface area contributed by atoms with Crippen LogP contribution in [0.3, 0.4) is 0 Å². The van der Waals surface area contributed by atoms with Crippen LogP contribution in [0.2, 0.25) is 0 Å². The number of anilines is 4. The van der Waals surface area contributed by atoms with Crippen molar-refractivity contribution in [3.63, 3.8) is 0 Å². The fraction of sp³-hybridized carbons (Fsp3) is 0.0667. The monoisotopic (exact) mass is 488 g/mol. The Morgan fingerprint density at radius 1 is 0.629 bits per heavy atom. The van der Waals surface area contributed by atoms with Crippen molar-refractivity contribution in [3.8, 4) is 0 Å². The van der Waals surface area contributed by atoms with Crippen LogP contribution in [0.25, 0.3) is 0 Å². The molecular weight excluding hydrogens is 476 g/mol. The molecular formula is C15H12N12O8. The molecule has 0 bridgehead atoms. The summed E-state index contributed by atoms with van der Waals surface area (Å²) in [6.07, 6.45) is 3.24. The first-order valence-corrected chi connectivity index (χ1v) is 9.01. The minimum Gasteiger partial charge on any atom is -0.287 e. The van der Waals surface area contributed by atoms with Gasteiger partial charge in [0.1, 0.15) is 30.6 Å². The van der Waals surface area contributed by atoms with Crippen molar-refractivity contribution in [2.45, 2.75) is 6.92 Å². The second-order valence-corrected chi connectivity index (χ2v) is 6.35. The minimum atomic E-state index is -0.882. The van der Waals surface area contributed by atoms with Gasteiger partial charge in [-0.25, -0.2) is 4.98 Å². The van der Waals surface area contributed by atoms with E-state index in [0.717, 1.165) is 24.8 Å². The molecule has 0 fully saturated rings. The highest BCUT2D eigenvalue weighted by molar-refractivity contribution is 5.74. The molecule has 0 saturated carbocycles. The Morgan fingerprint density at radius 2 is 1.03 bits per heavy atom. The van der Waals surface area contributed by atoms with E-state index >= 15 is 0 Å². The summed E-state index contributed by atoms with van der Waals surface area (Å²) in [6, 6.07) is 1.36. The Hall–Kier alpha value is -5.82. The number of nitrogens with zero attached hydrogens (tertiary/aromatic N) is 8. The lowest BCUT2D eigenvalue weighted by Crippen LogP contribution is -2.17. The molecule has 3 aromatic rings. The average Bonchev–Trinajstić information content (AvgIpc) is 2.80. The van der Waals surface area contributed by atoms with E-state index in [4.69, 9.17) is 0 Å². The van der Waals surface area contributed by atoms with E-state index in [9.17, 15) is 40.5 Å². The molecule has 0 aliphatic carbocycles. The zero-order valence-corrected chi connectivity index (χ0v) is 17.2. The Labute approximate surface area is 192 Å². The fourth-order valence-electron chi connectivity index (χ4n) is 2.62. The molecule has 0 radical (unpaired) electrons. The first kappa shape index (κ1) is 23.8. The summed E-state index contributed by atoms with van der Waals surface area (Å²) in [6.45, 7) is 1.52. The van der Waals surface area contributed by atoms with Gasteiger partial charge in [-0.1, -0.05) is 0 Å². The second-order valence-electron chi connectivity index (χ2n) is 6.35. The molecule has 35 heavy (non-hydrogen) atoms. The molecule has 3 heterocycles. The lowest BCUT2D eigenvalue weighted by atomic mass is 10.3. The van der Waals surface area contributed by atoms with Gasteiger partial charge >= 0.3 is 22.7 Å². The number of hydrogen-bond acceptors (Lipinski definition) is 16. The maximum Gasteiger partial charge on any atom is 0.319 e. The van der Waals surface area contributed by atoms with Crippen molar-refractivity contribution < 1.29 is 19.7 Å². The fourth-order valence-corrected chi connectivity index (χ4v) is 2.62. The number of pyridine rings is 2. The van der Waals surface area contributed by atoms with Crippen LogP contribution in [0.1, 0.15) is 5.69 Å². The van der Waals surface area contributed by atoms with Crippen molar-refractivity contribution in [2.75, 3.05) is 21.7 Å². The highest BCUT2D eigenvalue weighted by Crippen LogP contribution is 2.33. The van der Waals surface area contributed by atoms with E-state index in [1.54, 1.807) is 0 Å². The third-order valence-electron chi connectivity index (χ3n) is 4.07. The molecule has 3 rings (SSSR count). The third kappa shape index (κ3) is 5.33. The highest BCUT2D eigenvalue weighted by Gasteiger charge is 2.27.